The summed E-state index contributed by atoms with van der Waals surface area (Å²) in [5.41, 5.74) is 1.42. The molecule has 1 N–H and O–H groups in total. The van der Waals surface area contributed by atoms with Gasteiger partial charge >= 0.3 is 0 Å². The summed E-state index contributed by atoms with van der Waals surface area (Å²) < 4.78 is 1.78. The molecule has 0 amide bonds. The number of benzene rings is 1. The molecule has 0 saturated carbocycles. The average Bonchev–Trinajstić information content (AvgIpc) is 3.19. The first-order valence-electron chi connectivity index (χ1n) is 8.08. The van der Waals surface area contributed by atoms with Crippen LogP contribution in [0.4, 0.5) is 0 Å². The lowest BCUT2D eigenvalue weighted by molar-refractivity contribution is 0.458. The van der Waals surface area contributed by atoms with Gasteiger partial charge in [0.15, 0.2) is 5.96 Å². The minimum absolute atomic E-state index is 0. The predicted octanol–water partition coefficient (Wildman–Crippen LogP) is 2.07. The van der Waals surface area contributed by atoms with E-state index >= 15 is 0 Å². The maximum atomic E-state index is 4.41. The Labute approximate surface area is 160 Å². The molecule has 1 aromatic heterocycles. The van der Waals surface area contributed by atoms with Crippen molar-refractivity contribution in [2.45, 2.75) is 19.4 Å². The summed E-state index contributed by atoms with van der Waals surface area (Å²) >= 11 is 0. The van der Waals surface area contributed by atoms with Crippen molar-refractivity contribution in [3.63, 3.8) is 0 Å². The fourth-order valence-corrected chi connectivity index (χ4v) is 3.11. The molecule has 0 spiro atoms. The number of likely N-dealkylation sites (tertiary alicyclic amines) is 1. The van der Waals surface area contributed by atoms with Crippen LogP contribution in [-0.2, 0) is 20.0 Å². The molecule has 2 aromatic rings. The standard InChI is InChI=1S/C17H24N6.HI/c1-18-17(19-11-16-20-13-21-22(16)2)23-9-8-15(12-23)10-14-6-4-3-5-7-14;/h3-7,13,15H,8-12H2,1-2H3,(H,18,19);1H. The maximum absolute atomic E-state index is 4.41. The van der Waals surface area contributed by atoms with Crippen LogP contribution in [0.2, 0.25) is 0 Å². The fraction of sp³-hybridized carbons (Fsp3) is 0.471. The molecule has 1 aliphatic rings. The molecule has 1 aliphatic heterocycles. The average molecular weight is 440 g/mol. The number of guanidine groups is 1. The van der Waals surface area contributed by atoms with Crippen LogP contribution in [-0.4, -0.2) is 45.8 Å². The number of aryl methyl sites for hydroxylation is 1. The number of halogens is 1. The number of hydrogen-bond acceptors (Lipinski definition) is 3. The third-order valence-electron chi connectivity index (χ3n) is 4.37. The number of rotatable bonds is 4. The Morgan fingerprint density at radius 1 is 1.33 bits per heavy atom. The Balaban J connectivity index is 0.00000208. The molecule has 1 fully saturated rings. The number of aliphatic imine (C=N–C) groups is 1. The molecule has 0 aliphatic carbocycles. The van der Waals surface area contributed by atoms with Gasteiger partial charge in [0.05, 0.1) is 6.54 Å². The first-order valence-corrected chi connectivity index (χ1v) is 8.08. The quantitative estimate of drug-likeness (QED) is 0.450. The summed E-state index contributed by atoms with van der Waals surface area (Å²) in [5.74, 6) is 2.54. The van der Waals surface area contributed by atoms with Crippen LogP contribution in [0.15, 0.2) is 41.7 Å². The van der Waals surface area contributed by atoms with Gasteiger partial charge in [0.1, 0.15) is 12.2 Å². The zero-order valence-corrected chi connectivity index (χ0v) is 16.6. The first-order chi connectivity index (χ1) is 11.3. The molecule has 1 atom stereocenters. The largest absolute Gasteiger partial charge is 0.349 e. The van der Waals surface area contributed by atoms with Gasteiger partial charge in [-0.3, -0.25) is 9.67 Å². The van der Waals surface area contributed by atoms with Gasteiger partial charge in [0.2, 0.25) is 0 Å². The Morgan fingerprint density at radius 3 is 2.79 bits per heavy atom. The van der Waals surface area contributed by atoms with Crippen molar-refractivity contribution in [1.29, 1.82) is 0 Å². The van der Waals surface area contributed by atoms with Crippen LogP contribution in [0, 0.1) is 5.92 Å². The topological polar surface area (TPSA) is 58.3 Å². The van der Waals surface area contributed by atoms with Gasteiger partial charge in [-0.1, -0.05) is 30.3 Å². The van der Waals surface area contributed by atoms with Crippen LogP contribution in [0.1, 0.15) is 17.8 Å². The Bertz CT molecular complexity index is 654. The molecule has 2 heterocycles. The molecular formula is C17H25IN6. The molecule has 3 rings (SSSR count). The zero-order valence-electron chi connectivity index (χ0n) is 14.2. The van der Waals surface area contributed by atoms with Gasteiger partial charge in [-0.25, -0.2) is 4.98 Å². The second-order valence-electron chi connectivity index (χ2n) is 5.99. The van der Waals surface area contributed by atoms with Crippen molar-refractivity contribution in [2.75, 3.05) is 20.1 Å². The second kappa shape index (κ2) is 9.00. The molecular weight excluding hydrogens is 415 g/mol. The highest BCUT2D eigenvalue weighted by atomic mass is 127. The lowest BCUT2D eigenvalue weighted by Crippen LogP contribution is -2.40. The highest BCUT2D eigenvalue weighted by Crippen LogP contribution is 2.20. The molecule has 130 valence electrons. The highest BCUT2D eigenvalue weighted by molar-refractivity contribution is 14.0. The number of hydrogen-bond donors (Lipinski definition) is 1. The van der Waals surface area contributed by atoms with Crippen molar-refractivity contribution in [3.8, 4) is 0 Å². The van der Waals surface area contributed by atoms with Crippen LogP contribution in [0.3, 0.4) is 0 Å². The summed E-state index contributed by atoms with van der Waals surface area (Å²) in [6.07, 6.45) is 3.92. The number of nitrogens with zero attached hydrogens (tertiary/aromatic N) is 5. The summed E-state index contributed by atoms with van der Waals surface area (Å²) in [4.78, 5) is 11.0. The van der Waals surface area contributed by atoms with Crippen LogP contribution in [0.5, 0.6) is 0 Å². The van der Waals surface area contributed by atoms with Crippen molar-refractivity contribution >= 4 is 29.9 Å². The molecule has 1 saturated heterocycles. The van der Waals surface area contributed by atoms with E-state index in [0.29, 0.717) is 12.5 Å². The van der Waals surface area contributed by atoms with Crippen molar-refractivity contribution < 1.29 is 0 Å². The minimum atomic E-state index is 0. The van der Waals surface area contributed by atoms with Gasteiger partial charge < -0.3 is 10.2 Å². The molecule has 6 nitrogen and oxygen atoms in total. The summed E-state index contributed by atoms with van der Waals surface area (Å²) in [5, 5.41) is 7.48. The van der Waals surface area contributed by atoms with E-state index in [9.17, 15) is 0 Å². The van der Waals surface area contributed by atoms with Crippen molar-refractivity contribution in [2.24, 2.45) is 18.0 Å². The van der Waals surface area contributed by atoms with E-state index in [1.165, 1.54) is 12.0 Å². The SMILES string of the molecule is CN=C(NCc1ncnn1C)N1CCC(Cc2ccccc2)C1.I. The lowest BCUT2D eigenvalue weighted by Gasteiger charge is -2.21. The van der Waals surface area contributed by atoms with E-state index in [1.54, 1.807) is 11.0 Å². The molecule has 0 bridgehead atoms. The van der Waals surface area contributed by atoms with Gasteiger partial charge in [-0.2, -0.15) is 5.10 Å². The van der Waals surface area contributed by atoms with E-state index in [1.807, 2.05) is 14.1 Å². The smallest absolute Gasteiger partial charge is 0.194 e. The second-order valence-corrected chi connectivity index (χ2v) is 5.99. The summed E-state index contributed by atoms with van der Waals surface area (Å²) in [7, 11) is 3.74. The lowest BCUT2D eigenvalue weighted by atomic mass is 9.99. The van der Waals surface area contributed by atoms with Crippen LogP contribution >= 0.6 is 24.0 Å². The number of nitrogens with one attached hydrogen (secondary N) is 1. The van der Waals surface area contributed by atoms with E-state index < -0.39 is 0 Å². The fourth-order valence-electron chi connectivity index (χ4n) is 3.11. The van der Waals surface area contributed by atoms with E-state index in [4.69, 9.17) is 0 Å². The van der Waals surface area contributed by atoms with Crippen molar-refractivity contribution in [1.82, 2.24) is 25.0 Å². The van der Waals surface area contributed by atoms with Crippen LogP contribution < -0.4 is 5.32 Å². The summed E-state index contributed by atoms with van der Waals surface area (Å²) in [6.45, 7) is 2.74. The van der Waals surface area contributed by atoms with Gasteiger partial charge in [-0.15, -0.1) is 24.0 Å². The molecule has 24 heavy (non-hydrogen) atoms. The zero-order chi connectivity index (χ0) is 16.1. The molecule has 1 aromatic carbocycles. The van der Waals surface area contributed by atoms with E-state index in [2.05, 4.69) is 55.6 Å². The van der Waals surface area contributed by atoms with Crippen molar-refractivity contribution in [3.05, 3.63) is 48.0 Å². The highest BCUT2D eigenvalue weighted by Gasteiger charge is 2.25. The predicted molar refractivity (Wildman–Crippen MR) is 106 cm³/mol. The van der Waals surface area contributed by atoms with E-state index in [-0.39, 0.29) is 24.0 Å². The Hall–Kier alpha value is -1.64. The first kappa shape index (κ1) is 18.7. The monoisotopic (exact) mass is 440 g/mol. The summed E-state index contributed by atoms with van der Waals surface area (Å²) in [6, 6.07) is 10.7. The normalized spacial score (nSPS) is 17.7. The van der Waals surface area contributed by atoms with E-state index in [0.717, 1.165) is 31.3 Å². The molecule has 7 heteroatoms. The Kier molecular flexibility index (Phi) is 7.01. The third-order valence-corrected chi connectivity index (χ3v) is 4.37. The molecule has 1 unspecified atom stereocenters. The maximum Gasteiger partial charge on any atom is 0.194 e. The van der Waals surface area contributed by atoms with Gasteiger partial charge in [0.25, 0.3) is 0 Å². The molecule has 0 radical (unpaired) electrons. The van der Waals surface area contributed by atoms with Gasteiger partial charge in [-0.05, 0) is 24.3 Å². The number of aromatic nitrogens is 3. The minimum Gasteiger partial charge on any atom is -0.349 e. The van der Waals surface area contributed by atoms with Crippen LogP contribution in [0.25, 0.3) is 0 Å². The Morgan fingerprint density at radius 2 is 2.12 bits per heavy atom. The third kappa shape index (κ3) is 4.68. The van der Waals surface area contributed by atoms with Gasteiger partial charge in [0, 0.05) is 27.2 Å².